The van der Waals surface area contributed by atoms with E-state index in [4.69, 9.17) is 14.2 Å². The number of rotatable bonds is 51. The lowest BCUT2D eigenvalue weighted by atomic mass is 10.1. The second-order valence-electron chi connectivity index (χ2n) is 18.4. The van der Waals surface area contributed by atoms with Gasteiger partial charge in [-0.3, -0.25) is 9.59 Å². The van der Waals surface area contributed by atoms with Crippen LogP contribution in [-0.2, 0) is 23.8 Å². The van der Waals surface area contributed by atoms with Gasteiger partial charge >= 0.3 is 11.9 Å². The van der Waals surface area contributed by atoms with Gasteiger partial charge in [0.2, 0.25) is 0 Å². The maximum Gasteiger partial charge on any atom is 0.306 e. The minimum atomic E-state index is -0.570. The molecule has 0 rings (SSSR count). The van der Waals surface area contributed by atoms with Gasteiger partial charge in [-0.1, -0.05) is 220 Å². The van der Waals surface area contributed by atoms with Crippen molar-refractivity contribution in [1.82, 2.24) is 0 Å². The van der Waals surface area contributed by atoms with Gasteiger partial charge in [-0.05, 0) is 128 Å². The topological polar surface area (TPSA) is 61.8 Å². The van der Waals surface area contributed by atoms with Crippen molar-refractivity contribution in [1.29, 1.82) is 0 Å². The van der Waals surface area contributed by atoms with Gasteiger partial charge in [0.25, 0.3) is 0 Å². The highest BCUT2D eigenvalue weighted by atomic mass is 16.6. The normalized spacial score (nSPS) is 13.0. The van der Waals surface area contributed by atoms with Gasteiger partial charge in [-0.2, -0.15) is 0 Å². The maximum atomic E-state index is 12.8. The van der Waals surface area contributed by atoms with Crippen molar-refractivity contribution in [3.05, 3.63) is 109 Å². The molecule has 0 amide bonds. The fourth-order valence-corrected chi connectivity index (χ4v) is 7.54. The smallest absolute Gasteiger partial charge is 0.306 e. The van der Waals surface area contributed by atoms with Gasteiger partial charge in [0.15, 0.2) is 6.10 Å². The van der Waals surface area contributed by atoms with Gasteiger partial charge in [0, 0.05) is 19.4 Å². The van der Waals surface area contributed by atoms with Gasteiger partial charge in [-0.25, -0.2) is 0 Å². The van der Waals surface area contributed by atoms with E-state index in [0.29, 0.717) is 19.4 Å². The van der Waals surface area contributed by atoms with E-state index in [0.717, 1.165) is 109 Å². The molecule has 5 heteroatoms. The molecular formula is C63H106O5. The average molecular weight is 944 g/mol. The van der Waals surface area contributed by atoms with Crippen LogP contribution in [0, 0.1) is 0 Å². The van der Waals surface area contributed by atoms with Crippen molar-refractivity contribution in [2.24, 2.45) is 0 Å². The monoisotopic (exact) mass is 943 g/mol. The summed E-state index contributed by atoms with van der Waals surface area (Å²) in [6.07, 6.45) is 79.6. The van der Waals surface area contributed by atoms with E-state index in [2.05, 4.69) is 130 Å². The number of carbonyl (C=O) groups excluding carboxylic acids is 2. The number of carbonyl (C=O) groups is 2. The van der Waals surface area contributed by atoms with Crippen LogP contribution in [0.2, 0.25) is 0 Å². The molecular weight excluding hydrogens is 837 g/mol. The Morgan fingerprint density at radius 3 is 1.07 bits per heavy atom. The molecule has 0 bridgehead atoms. The number of esters is 2. The third-order valence-electron chi connectivity index (χ3n) is 11.8. The van der Waals surface area contributed by atoms with Crippen LogP contribution in [0.15, 0.2) is 109 Å². The summed E-state index contributed by atoms with van der Waals surface area (Å²) >= 11 is 0. The number of allylic oxidation sites excluding steroid dienone is 18. The van der Waals surface area contributed by atoms with Crippen LogP contribution in [0.3, 0.4) is 0 Å². The van der Waals surface area contributed by atoms with Crippen LogP contribution in [0.5, 0.6) is 0 Å². The minimum absolute atomic E-state index is 0.0565. The lowest BCUT2D eigenvalue weighted by Crippen LogP contribution is -2.30. The molecule has 1 unspecified atom stereocenters. The largest absolute Gasteiger partial charge is 0.462 e. The lowest BCUT2D eigenvalue weighted by Gasteiger charge is -2.18. The molecule has 0 spiro atoms. The molecule has 0 aromatic heterocycles. The van der Waals surface area contributed by atoms with Crippen molar-refractivity contribution >= 4 is 11.9 Å². The standard InChI is InChI=1S/C63H106O5/c1-4-7-10-13-16-19-22-25-27-29-31-33-35-37-40-43-46-49-52-55-58-66-59-61(68-63(65)57-54-51-48-45-42-38-24-21-18-15-12-9-6-3)60-67-62(64)56-53-50-47-44-41-39-36-34-32-30-28-26-23-20-17-14-11-8-5-2/h9,12,16-21,25-28,31-34,38,42,61H,4-8,10-11,13-15,22-24,29-30,35-37,39-41,43-60H2,1-3H3/b12-9-,19-16-,20-17-,21-18-,27-25-,28-26-,33-31-,34-32-,42-38-. The fraction of sp³-hybridized carbons (Fsp3) is 0.683. The zero-order valence-electron chi connectivity index (χ0n) is 44.6. The van der Waals surface area contributed by atoms with Crippen molar-refractivity contribution in [3.8, 4) is 0 Å². The number of ether oxygens (including phenoxy) is 3. The first-order valence-electron chi connectivity index (χ1n) is 28.4. The number of hydrogen-bond donors (Lipinski definition) is 0. The highest BCUT2D eigenvalue weighted by Gasteiger charge is 2.17. The molecule has 5 nitrogen and oxygen atoms in total. The molecule has 0 aliphatic rings. The van der Waals surface area contributed by atoms with Crippen molar-refractivity contribution < 1.29 is 23.8 Å². The van der Waals surface area contributed by atoms with Crippen LogP contribution < -0.4 is 0 Å². The van der Waals surface area contributed by atoms with E-state index in [1.165, 1.54) is 109 Å². The van der Waals surface area contributed by atoms with Crippen LogP contribution in [0.25, 0.3) is 0 Å². The summed E-state index contributed by atoms with van der Waals surface area (Å²) in [4.78, 5) is 25.5. The zero-order chi connectivity index (χ0) is 49.2. The Bertz CT molecular complexity index is 1340. The molecule has 0 fully saturated rings. The minimum Gasteiger partial charge on any atom is -0.462 e. The van der Waals surface area contributed by atoms with E-state index >= 15 is 0 Å². The molecule has 0 heterocycles. The first-order valence-corrected chi connectivity index (χ1v) is 28.4. The van der Waals surface area contributed by atoms with E-state index in [9.17, 15) is 9.59 Å². The summed E-state index contributed by atoms with van der Waals surface area (Å²) in [5.74, 6) is -0.453. The summed E-state index contributed by atoms with van der Waals surface area (Å²) in [5, 5.41) is 0. The Balaban J connectivity index is 4.34. The van der Waals surface area contributed by atoms with Gasteiger partial charge < -0.3 is 14.2 Å². The van der Waals surface area contributed by atoms with Crippen molar-refractivity contribution in [3.63, 3.8) is 0 Å². The molecule has 388 valence electrons. The van der Waals surface area contributed by atoms with Crippen LogP contribution >= 0.6 is 0 Å². The van der Waals surface area contributed by atoms with Gasteiger partial charge in [0.1, 0.15) is 6.61 Å². The zero-order valence-corrected chi connectivity index (χ0v) is 44.6. The maximum absolute atomic E-state index is 12.8. The molecule has 0 aliphatic carbocycles. The van der Waals surface area contributed by atoms with Crippen molar-refractivity contribution in [2.75, 3.05) is 19.8 Å². The third kappa shape index (κ3) is 55.2. The Morgan fingerprint density at radius 2 is 0.662 bits per heavy atom. The van der Waals surface area contributed by atoms with E-state index in [1.54, 1.807) is 0 Å². The molecule has 68 heavy (non-hydrogen) atoms. The number of hydrogen-bond acceptors (Lipinski definition) is 5. The first kappa shape index (κ1) is 64.6. The highest BCUT2D eigenvalue weighted by molar-refractivity contribution is 5.70. The predicted octanol–water partition coefficient (Wildman–Crippen LogP) is 19.6. The SMILES string of the molecule is CC/C=C\C/C=C\C/C=C\CCCCCC(=O)OC(COCCCCCCCCC/C=C\C/C=C\C/C=C\CCCCC)COC(=O)CCCCCCCC/C=C\C/C=C\C/C=C\CCCCC. The van der Waals surface area contributed by atoms with Crippen molar-refractivity contribution in [2.45, 2.75) is 258 Å². The van der Waals surface area contributed by atoms with Crippen LogP contribution in [-0.4, -0.2) is 37.9 Å². The van der Waals surface area contributed by atoms with Crippen LogP contribution in [0.1, 0.15) is 252 Å². The second-order valence-corrected chi connectivity index (χ2v) is 18.4. The quantitative estimate of drug-likeness (QED) is 0.0345. The van der Waals surface area contributed by atoms with E-state index in [-0.39, 0.29) is 25.2 Å². The summed E-state index contributed by atoms with van der Waals surface area (Å²) < 4.78 is 17.4. The lowest BCUT2D eigenvalue weighted by molar-refractivity contribution is -0.163. The predicted molar refractivity (Wildman–Crippen MR) is 297 cm³/mol. The molecule has 0 aliphatic heterocycles. The molecule has 0 saturated carbocycles. The number of unbranched alkanes of at least 4 members (excludes halogenated alkanes) is 22. The molecule has 0 radical (unpaired) electrons. The summed E-state index contributed by atoms with van der Waals surface area (Å²) in [7, 11) is 0. The Morgan fingerprint density at radius 1 is 0.338 bits per heavy atom. The average Bonchev–Trinajstić information content (AvgIpc) is 3.34. The van der Waals surface area contributed by atoms with Gasteiger partial charge in [-0.15, -0.1) is 0 Å². The van der Waals surface area contributed by atoms with Crippen LogP contribution in [0.4, 0.5) is 0 Å². The van der Waals surface area contributed by atoms with E-state index in [1.807, 2.05) is 0 Å². The van der Waals surface area contributed by atoms with E-state index < -0.39 is 6.10 Å². The molecule has 1 atom stereocenters. The fourth-order valence-electron chi connectivity index (χ4n) is 7.54. The molecule has 0 saturated heterocycles. The Labute approximate surface area is 421 Å². The first-order chi connectivity index (χ1) is 33.6. The Hall–Kier alpha value is -3.44. The van der Waals surface area contributed by atoms with Gasteiger partial charge in [0.05, 0.1) is 6.61 Å². The Kier molecular flexibility index (Phi) is 54.9. The summed E-state index contributed by atoms with van der Waals surface area (Å²) in [6, 6.07) is 0. The highest BCUT2D eigenvalue weighted by Crippen LogP contribution is 2.13. The summed E-state index contributed by atoms with van der Waals surface area (Å²) in [6.45, 7) is 7.59. The second kappa shape index (κ2) is 57.9. The molecule has 0 aromatic carbocycles. The molecule has 0 aromatic rings. The molecule has 0 N–H and O–H groups in total. The summed E-state index contributed by atoms with van der Waals surface area (Å²) in [5.41, 5.74) is 0. The third-order valence-corrected chi connectivity index (χ3v) is 11.8.